The first-order chi connectivity index (χ1) is 9.81. The van der Waals surface area contributed by atoms with Crippen LogP contribution in [-0.4, -0.2) is 26.2 Å². The maximum atomic E-state index is 11.9. The lowest BCUT2D eigenvalue weighted by Crippen LogP contribution is -2.26. The Bertz CT molecular complexity index is 364. The molecule has 6 heteroatoms. The van der Waals surface area contributed by atoms with Crippen LogP contribution in [0, 0.1) is 6.92 Å². The molecule has 1 aromatic rings. The van der Waals surface area contributed by atoms with Crippen LogP contribution in [-0.2, 0) is 15.7 Å². The third-order valence-electron chi connectivity index (χ3n) is 2.29. The summed E-state index contributed by atoms with van der Waals surface area (Å²) in [6, 6.07) is 5.30. The molecule has 0 radical (unpaired) electrons. The van der Waals surface area contributed by atoms with Gasteiger partial charge < -0.3 is 10.1 Å². The average Bonchev–Trinajstić information content (AvgIpc) is 2.47. The molecule has 0 spiro atoms. The van der Waals surface area contributed by atoms with E-state index >= 15 is 0 Å². The quantitative estimate of drug-likeness (QED) is 0.860. The molecule has 0 saturated carbocycles. The van der Waals surface area contributed by atoms with Gasteiger partial charge in [-0.15, -0.1) is 0 Å². The minimum absolute atomic E-state index is 0.250. The standard InChI is InChI=1S/C8H7F3.C5H11NO2.C2H6/c1-6-2-4-7(5-3-6)8(9,10)11;1-5(6-2)3-8-4-7;1-2/h2-5H,1H3;4-6H,3H2,1-2H3;1-2H3. The second-order valence-corrected chi connectivity index (χ2v) is 3.98. The molecule has 1 rings (SSSR count). The van der Waals surface area contributed by atoms with Crippen LogP contribution in [0.4, 0.5) is 13.2 Å². The average molecular weight is 307 g/mol. The second kappa shape index (κ2) is 12.2. The van der Waals surface area contributed by atoms with E-state index in [1.54, 1.807) is 6.92 Å². The van der Waals surface area contributed by atoms with Gasteiger partial charge in [0.05, 0.1) is 5.56 Å². The first kappa shape index (κ1) is 21.7. The monoisotopic (exact) mass is 307 g/mol. The fourth-order valence-electron chi connectivity index (χ4n) is 1.01. The SMILES string of the molecule is CC.CNC(C)COC=O.Cc1ccc(C(F)(F)F)cc1. The number of hydrogen-bond acceptors (Lipinski definition) is 3. The van der Waals surface area contributed by atoms with Crippen molar-refractivity contribution in [2.45, 2.75) is 39.9 Å². The van der Waals surface area contributed by atoms with Gasteiger partial charge in [0.1, 0.15) is 6.61 Å². The molecule has 21 heavy (non-hydrogen) atoms. The Morgan fingerprint density at radius 2 is 1.71 bits per heavy atom. The van der Waals surface area contributed by atoms with Crippen LogP contribution in [0.1, 0.15) is 31.9 Å². The summed E-state index contributed by atoms with van der Waals surface area (Å²) in [6.45, 7) is 8.58. The normalized spacial score (nSPS) is 11.2. The molecule has 0 fully saturated rings. The van der Waals surface area contributed by atoms with E-state index in [4.69, 9.17) is 0 Å². The van der Waals surface area contributed by atoms with Crippen LogP contribution in [0.5, 0.6) is 0 Å². The van der Waals surface area contributed by atoms with Crippen molar-refractivity contribution in [3.8, 4) is 0 Å². The highest BCUT2D eigenvalue weighted by Crippen LogP contribution is 2.28. The number of hydrogen-bond donors (Lipinski definition) is 1. The number of rotatable bonds is 4. The Hall–Kier alpha value is -1.56. The van der Waals surface area contributed by atoms with E-state index in [-0.39, 0.29) is 6.04 Å². The molecule has 3 nitrogen and oxygen atoms in total. The Balaban J connectivity index is 0. The van der Waals surface area contributed by atoms with Gasteiger partial charge in [0.2, 0.25) is 0 Å². The van der Waals surface area contributed by atoms with E-state index in [0.29, 0.717) is 13.1 Å². The van der Waals surface area contributed by atoms with Crippen molar-refractivity contribution in [2.75, 3.05) is 13.7 Å². The van der Waals surface area contributed by atoms with Gasteiger partial charge in [-0.2, -0.15) is 13.2 Å². The number of alkyl halides is 3. The molecule has 0 aliphatic rings. The van der Waals surface area contributed by atoms with Gasteiger partial charge >= 0.3 is 6.18 Å². The van der Waals surface area contributed by atoms with E-state index in [1.807, 2.05) is 27.8 Å². The summed E-state index contributed by atoms with van der Waals surface area (Å²) in [6.07, 6.45) is -4.21. The van der Waals surface area contributed by atoms with E-state index in [0.717, 1.165) is 17.7 Å². The Labute approximate surface area is 124 Å². The molecule has 1 unspecified atom stereocenters. The molecule has 0 saturated heterocycles. The van der Waals surface area contributed by atoms with E-state index in [2.05, 4.69) is 10.1 Å². The fraction of sp³-hybridized carbons (Fsp3) is 0.533. The summed E-state index contributed by atoms with van der Waals surface area (Å²) in [5, 5.41) is 2.92. The number of ether oxygens (including phenoxy) is 1. The molecule has 0 aliphatic heterocycles. The van der Waals surface area contributed by atoms with E-state index in [1.165, 1.54) is 12.1 Å². The lowest BCUT2D eigenvalue weighted by Gasteiger charge is -2.05. The topological polar surface area (TPSA) is 38.3 Å². The summed E-state index contributed by atoms with van der Waals surface area (Å²) >= 11 is 0. The zero-order valence-corrected chi connectivity index (χ0v) is 13.1. The number of carbonyl (C=O) groups excluding carboxylic acids is 1. The largest absolute Gasteiger partial charge is 0.466 e. The molecule has 1 aromatic carbocycles. The maximum absolute atomic E-state index is 11.9. The predicted molar refractivity (Wildman–Crippen MR) is 78.1 cm³/mol. The van der Waals surface area contributed by atoms with Gasteiger partial charge in [0.25, 0.3) is 6.47 Å². The van der Waals surface area contributed by atoms with Gasteiger partial charge in [-0.1, -0.05) is 31.5 Å². The molecule has 0 bridgehead atoms. The zero-order valence-electron chi connectivity index (χ0n) is 13.1. The minimum atomic E-state index is -4.21. The van der Waals surface area contributed by atoms with Crippen LogP contribution < -0.4 is 5.32 Å². The highest BCUT2D eigenvalue weighted by Gasteiger charge is 2.29. The molecule has 0 heterocycles. The van der Waals surface area contributed by atoms with Crippen molar-refractivity contribution in [3.05, 3.63) is 35.4 Å². The second-order valence-electron chi connectivity index (χ2n) is 3.98. The zero-order chi connectivity index (χ0) is 16.9. The van der Waals surface area contributed by atoms with Crippen LogP contribution in [0.3, 0.4) is 0 Å². The number of halogens is 3. The summed E-state index contributed by atoms with van der Waals surface area (Å²) in [5.74, 6) is 0. The minimum Gasteiger partial charge on any atom is -0.466 e. The maximum Gasteiger partial charge on any atom is 0.416 e. The number of aryl methyl sites for hydroxylation is 1. The highest BCUT2D eigenvalue weighted by molar-refractivity contribution is 5.36. The molecular formula is C15H24F3NO2. The fourth-order valence-corrected chi connectivity index (χ4v) is 1.01. The Kier molecular flexibility index (Phi) is 12.6. The molecule has 0 amide bonds. The first-order valence-electron chi connectivity index (χ1n) is 6.67. The van der Waals surface area contributed by atoms with E-state index in [9.17, 15) is 18.0 Å². The van der Waals surface area contributed by atoms with Crippen LogP contribution in [0.2, 0.25) is 0 Å². The van der Waals surface area contributed by atoms with Crippen molar-refractivity contribution in [1.29, 1.82) is 0 Å². The highest BCUT2D eigenvalue weighted by atomic mass is 19.4. The molecule has 0 aliphatic carbocycles. The smallest absolute Gasteiger partial charge is 0.416 e. The van der Waals surface area contributed by atoms with Gasteiger partial charge in [0, 0.05) is 6.04 Å². The third-order valence-corrected chi connectivity index (χ3v) is 2.29. The summed E-state index contributed by atoms with van der Waals surface area (Å²) in [4.78, 5) is 9.58. The molecule has 1 atom stereocenters. The van der Waals surface area contributed by atoms with Crippen molar-refractivity contribution in [2.24, 2.45) is 0 Å². The van der Waals surface area contributed by atoms with Crippen LogP contribution >= 0.6 is 0 Å². The number of benzene rings is 1. The van der Waals surface area contributed by atoms with Crippen molar-refractivity contribution in [3.63, 3.8) is 0 Å². The lowest BCUT2D eigenvalue weighted by molar-refractivity contribution is -0.137. The van der Waals surface area contributed by atoms with Gasteiger partial charge in [-0.05, 0) is 33.0 Å². The van der Waals surface area contributed by atoms with Gasteiger partial charge in [0.15, 0.2) is 0 Å². The lowest BCUT2D eigenvalue weighted by atomic mass is 10.1. The van der Waals surface area contributed by atoms with Crippen molar-refractivity contribution >= 4 is 6.47 Å². The van der Waals surface area contributed by atoms with Crippen LogP contribution in [0.25, 0.3) is 0 Å². The number of likely N-dealkylation sites (N-methyl/N-ethyl adjacent to an activating group) is 1. The molecule has 122 valence electrons. The van der Waals surface area contributed by atoms with Gasteiger partial charge in [-0.3, -0.25) is 4.79 Å². The summed E-state index contributed by atoms with van der Waals surface area (Å²) in [7, 11) is 1.82. The van der Waals surface area contributed by atoms with Crippen molar-refractivity contribution < 1.29 is 22.7 Å². The van der Waals surface area contributed by atoms with Gasteiger partial charge in [-0.25, -0.2) is 0 Å². The summed E-state index contributed by atoms with van der Waals surface area (Å²) in [5.41, 5.74) is 0.237. The first-order valence-corrected chi connectivity index (χ1v) is 6.67. The van der Waals surface area contributed by atoms with E-state index < -0.39 is 11.7 Å². The van der Waals surface area contributed by atoms with Crippen LogP contribution in [0.15, 0.2) is 24.3 Å². The third kappa shape index (κ3) is 11.9. The number of nitrogens with one attached hydrogen (secondary N) is 1. The predicted octanol–water partition coefficient (Wildman–Crippen LogP) is 3.81. The molecular weight excluding hydrogens is 283 g/mol. The Morgan fingerprint density at radius 1 is 1.24 bits per heavy atom. The Morgan fingerprint density at radius 3 is 2.05 bits per heavy atom. The molecule has 0 aromatic heterocycles. The van der Waals surface area contributed by atoms with Crippen molar-refractivity contribution in [1.82, 2.24) is 5.32 Å². The summed E-state index contributed by atoms with van der Waals surface area (Å²) < 4.78 is 40.2. The number of carbonyl (C=O) groups is 1. The molecule has 1 N–H and O–H groups in total.